The van der Waals surface area contributed by atoms with E-state index in [4.69, 9.17) is 15.9 Å². The number of hydrogen-bond donors (Lipinski definition) is 1. The third kappa shape index (κ3) is 2.82. The lowest BCUT2D eigenvalue weighted by molar-refractivity contribution is -0.246. The summed E-state index contributed by atoms with van der Waals surface area (Å²) in [5.41, 5.74) is 0. The van der Waals surface area contributed by atoms with Crippen LogP contribution in [0.4, 0.5) is 0 Å². The van der Waals surface area contributed by atoms with E-state index in [0.717, 1.165) is 19.3 Å². The molecule has 1 aliphatic rings. The molecule has 0 amide bonds. The first-order valence-corrected chi connectivity index (χ1v) is 4.15. The number of ether oxygens (including phenoxy) is 2. The van der Waals surface area contributed by atoms with Gasteiger partial charge >= 0.3 is 0 Å². The van der Waals surface area contributed by atoms with Crippen LogP contribution >= 0.6 is 0 Å². The zero-order valence-electron chi connectivity index (χ0n) is 7.03. The zero-order chi connectivity index (χ0) is 8.81. The molecular weight excluding hydrogens is 156 g/mol. The molecule has 0 radical (unpaired) electrons. The Morgan fingerprint density at radius 3 is 3.08 bits per heavy atom. The highest BCUT2D eigenvalue weighted by Crippen LogP contribution is 2.18. The number of unbranched alkanes of at least 4 members (excludes halogenated alkanes) is 1. The van der Waals surface area contributed by atoms with Crippen molar-refractivity contribution in [1.29, 1.82) is 0 Å². The van der Waals surface area contributed by atoms with Crippen molar-refractivity contribution in [3.05, 3.63) is 0 Å². The highest BCUT2D eigenvalue weighted by atomic mass is 16.7. The minimum Gasteiger partial charge on any atom is -0.368 e. The largest absolute Gasteiger partial charge is 0.368 e. The van der Waals surface area contributed by atoms with Gasteiger partial charge in [-0.1, -0.05) is 0 Å². The number of terminal acetylenes is 1. The van der Waals surface area contributed by atoms with Crippen molar-refractivity contribution in [3.8, 4) is 12.3 Å². The summed E-state index contributed by atoms with van der Waals surface area (Å²) in [6.45, 7) is 0.776. The third-order valence-electron chi connectivity index (χ3n) is 1.95. The Bertz CT molecular complexity index is 162. The lowest BCUT2D eigenvalue weighted by atomic mass is 10.0. The zero-order valence-corrected chi connectivity index (χ0v) is 7.03. The van der Waals surface area contributed by atoms with Gasteiger partial charge in [-0.2, -0.15) is 0 Å². The van der Waals surface area contributed by atoms with Crippen LogP contribution in [0.5, 0.6) is 0 Å². The number of aliphatic hydroxyl groups is 1. The number of hydrogen-bond acceptors (Lipinski definition) is 3. The first-order chi connectivity index (χ1) is 5.84. The van der Waals surface area contributed by atoms with E-state index >= 15 is 0 Å². The minimum absolute atomic E-state index is 0.0899. The second kappa shape index (κ2) is 5.15. The Kier molecular flexibility index (Phi) is 4.09. The van der Waals surface area contributed by atoms with Crippen molar-refractivity contribution >= 4 is 0 Å². The van der Waals surface area contributed by atoms with E-state index in [1.165, 1.54) is 0 Å². The third-order valence-corrected chi connectivity index (χ3v) is 1.95. The van der Waals surface area contributed by atoms with Crippen LogP contribution in [0, 0.1) is 18.3 Å². The second-order valence-corrected chi connectivity index (χ2v) is 2.90. The quantitative estimate of drug-likeness (QED) is 0.501. The van der Waals surface area contributed by atoms with Crippen molar-refractivity contribution < 1.29 is 14.6 Å². The predicted octanol–water partition coefficient (Wildman–Crippen LogP) is 0.729. The van der Waals surface area contributed by atoms with E-state index in [1.54, 1.807) is 0 Å². The molecule has 0 aromatic carbocycles. The molecule has 68 valence electrons. The van der Waals surface area contributed by atoms with Gasteiger partial charge in [0, 0.05) is 12.3 Å². The molecule has 0 saturated carbocycles. The summed E-state index contributed by atoms with van der Waals surface area (Å²) < 4.78 is 9.95. The summed E-state index contributed by atoms with van der Waals surface area (Å²) in [6.07, 6.45) is 6.98. The molecule has 0 aromatic heterocycles. The van der Waals surface area contributed by atoms with Crippen LogP contribution in [0.3, 0.4) is 0 Å². The molecule has 1 fully saturated rings. The molecular formula is C9H14O3. The van der Waals surface area contributed by atoms with Crippen LogP contribution in [0.25, 0.3) is 0 Å². The normalized spacial score (nSPS) is 29.7. The molecule has 0 aromatic rings. The first-order valence-electron chi connectivity index (χ1n) is 4.15. The Hall–Kier alpha value is -0.560. The molecule has 2 unspecified atom stereocenters. The van der Waals surface area contributed by atoms with E-state index < -0.39 is 6.29 Å². The van der Waals surface area contributed by atoms with Crippen molar-refractivity contribution in [2.45, 2.75) is 25.6 Å². The van der Waals surface area contributed by atoms with Gasteiger partial charge in [-0.15, -0.1) is 12.3 Å². The molecule has 12 heavy (non-hydrogen) atoms. The van der Waals surface area contributed by atoms with Crippen LogP contribution in [-0.2, 0) is 9.47 Å². The first kappa shape index (κ1) is 9.53. The minimum atomic E-state index is -0.670. The SMILES string of the molecule is C#CCCCC1COCOC1O. The number of rotatable bonds is 3. The summed E-state index contributed by atoms with van der Waals surface area (Å²) in [7, 11) is 0. The Morgan fingerprint density at radius 1 is 1.58 bits per heavy atom. The van der Waals surface area contributed by atoms with Gasteiger partial charge in [0.25, 0.3) is 0 Å². The molecule has 1 heterocycles. The monoisotopic (exact) mass is 170 g/mol. The van der Waals surface area contributed by atoms with Gasteiger partial charge in [-0.05, 0) is 12.8 Å². The Morgan fingerprint density at radius 2 is 2.42 bits per heavy atom. The Balaban J connectivity index is 2.16. The van der Waals surface area contributed by atoms with Crippen LogP contribution in [0.1, 0.15) is 19.3 Å². The van der Waals surface area contributed by atoms with Crippen LogP contribution in [-0.4, -0.2) is 24.8 Å². The van der Waals surface area contributed by atoms with Crippen LogP contribution < -0.4 is 0 Å². The van der Waals surface area contributed by atoms with E-state index in [1.807, 2.05) is 0 Å². The standard InChI is InChI=1S/C9H14O3/c1-2-3-4-5-8-6-11-7-12-9(8)10/h1,8-10H,3-7H2. The maximum atomic E-state index is 9.31. The molecule has 0 bridgehead atoms. The topological polar surface area (TPSA) is 38.7 Å². The van der Waals surface area contributed by atoms with E-state index in [9.17, 15) is 5.11 Å². The smallest absolute Gasteiger partial charge is 0.162 e. The summed E-state index contributed by atoms with van der Waals surface area (Å²) in [5, 5.41) is 9.31. The fourth-order valence-corrected chi connectivity index (χ4v) is 1.23. The molecule has 0 aliphatic carbocycles. The lowest BCUT2D eigenvalue weighted by Gasteiger charge is -2.27. The van der Waals surface area contributed by atoms with Crippen molar-refractivity contribution in [3.63, 3.8) is 0 Å². The van der Waals surface area contributed by atoms with E-state index in [2.05, 4.69) is 5.92 Å². The van der Waals surface area contributed by atoms with Gasteiger partial charge in [0.2, 0.25) is 0 Å². The Labute approximate surface area is 72.7 Å². The van der Waals surface area contributed by atoms with Gasteiger partial charge in [0.15, 0.2) is 6.29 Å². The van der Waals surface area contributed by atoms with Crippen molar-refractivity contribution in [2.75, 3.05) is 13.4 Å². The molecule has 1 saturated heterocycles. The average Bonchev–Trinajstić information content (AvgIpc) is 2.09. The molecule has 2 atom stereocenters. The molecule has 1 rings (SSSR count). The molecule has 1 N–H and O–H groups in total. The van der Waals surface area contributed by atoms with Crippen molar-refractivity contribution in [1.82, 2.24) is 0 Å². The highest BCUT2D eigenvalue weighted by molar-refractivity contribution is 4.83. The predicted molar refractivity (Wildman–Crippen MR) is 44.1 cm³/mol. The molecule has 3 heteroatoms. The molecule has 0 spiro atoms. The van der Waals surface area contributed by atoms with E-state index in [-0.39, 0.29) is 12.7 Å². The van der Waals surface area contributed by atoms with Crippen molar-refractivity contribution in [2.24, 2.45) is 5.92 Å². The maximum absolute atomic E-state index is 9.31. The maximum Gasteiger partial charge on any atom is 0.162 e. The molecule has 1 aliphatic heterocycles. The van der Waals surface area contributed by atoms with Gasteiger partial charge in [-0.25, -0.2) is 0 Å². The fraction of sp³-hybridized carbons (Fsp3) is 0.778. The summed E-state index contributed by atoms with van der Waals surface area (Å²) in [6, 6.07) is 0. The highest BCUT2D eigenvalue weighted by Gasteiger charge is 2.23. The lowest BCUT2D eigenvalue weighted by Crippen LogP contribution is -2.33. The second-order valence-electron chi connectivity index (χ2n) is 2.90. The summed E-state index contributed by atoms with van der Waals surface area (Å²) >= 11 is 0. The van der Waals surface area contributed by atoms with Gasteiger partial charge in [0.1, 0.15) is 6.79 Å². The molecule has 3 nitrogen and oxygen atoms in total. The summed E-state index contributed by atoms with van der Waals surface area (Å²) in [5.74, 6) is 2.65. The fourth-order valence-electron chi connectivity index (χ4n) is 1.23. The van der Waals surface area contributed by atoms with Gasteiger partial charge in [0.05, 0.1) is 6.61 Å². The number of aliphatic hydroxyl groups excluding tert-OH is 1. The van der Waals surface area contributed by atoms with Gasteiger partial charge < -0.3 is 14.6 Å². The van der Waals surface area contributed by atoms with E-state index in [0.29, 0.717) is 6.61 Å². The average molecular weight is 170 g/mol. The summed E-state index contributed by atoms with van der Waals surface area (Å²) in [4.78, 5) is 0. The van der Waals surface area contributed by atoms with Crippen LogP contribution in [0.2, 0.25) is 0 Å². The van der Waals surface area contributed by atoms with Crippen LogP contribution in [0.15, 0.2) is 0 Å². The van der Waals surface area contributed by atoms with Gasteiger partial charge in [-0.3, -0.25) is 0 Å².